The van der Waals surface area contributed by atoms with Gasteiger partial charge in [0.1, 0.15) is 5.75 Å². The van der Waals surface area contributed by atoms with Crippen LogP contribution >= 0.6 is 27.5 Å². The van der Waals surface area contributed by atoms with E-state index in [1.807, 2.05) is 13.8 Å². The molecule has 0 spiro atoms. The Hall–Kier alpha value is -2.52. The first-order valence-corrected chi connectivity index (χ1v) is 10.9. The van der Waals surface area contributed by atoms with Gasteiger partial charge in [-0.3, -0.25) is 9.59 Å². The van der Waals surface area contributed by atoms with Gasteiger partial charge in [-0.25, -0.2) is 4.79 Å². The molecule has 2 N–H and O–H groups in total. The van der Waals surface area contributed by atoms with Crippen LogP contribution in [0.2, 0.25) is 5.02 Å². The van der Waals surface area contributed by atoms with Crippen molar-refractivity contribution in [3.05, 3.63) is 63.1 Å². The van der Waals surface area contributed by atoms with Gasteiger partial charge in [0.2, 0.25) is 5.91 Å². The molecule has 2 aromatic carbocycles. The van der Waals surface area contributed by atoms with Crippen LogP contribution in [0.25, 0.3) is 0 Å². The molecule has 0 unspecified atom stereocenters. The summed E-state index contributed by atoms with van der Waals surface area (Å²) in [5, 5.41) is 5.78. The van der Waals surface area contributed by atoms with Gasteiger partial charge in [-0.1, -0.05) is 37.6 Å². The number of carbonyl (C=O) groups is 3. The van der Waals surface area contributed by atoms with E-state index in [4.69, 9.17) is 20.9 Å². The summed E-state index contributed by atoms with van der Waals surface area (Å²) in [7, 11) is -0.966. The van der Waals surface area contributed by atoms with Gasteiger partial charge in [0.15, 0.2) is 0 Å². The lowest BCUT2D eigenvalue weighted by atomic mass is 9.72. The molecule has 2 aromatic rings. The van der Waals surface area contributed by atoms with Crippen molar-refractivity contribution >= 4 is 52.4 Å². The Morgan fingerprint density at radius 3 is 2.65 bits per heavy atom. The fraction of sp³-hybridized carbons (Fsp3) is 0.286. The van der Waals surface area contributed by atoms with Crippen molar-refractivity contribution in [3.63, 3.8) is 0 Å². The van der Waals surface area contributed by atoms with Crippen LogP contribution < -0.4 is 15.3 Å². The Balaban J connectivity index is 1.64. The van der Waals surface area contributed by atoms with Crippen molar-refractivity contribution in [2.45, 2.75) is 26.2 Å². The Labute approximate surface area is 194 Å². The number of amides is 2. The first-order chi connectivity index (χ1) is 14.7. The average molecular weight is 508 g/mol. The van der Waals surface area contributed by atoms with Gasteiger partial charge in [-0.2, -0.15) is 0 Å². The zero-order valence-electron chi connectivity index (χ0n) is 17.0. The predicted molar refractivity (Wildman–Crippen MR) is 121 cm³/mol. The van der Waals surface area contributed by atoms with Gasteiger partial charge in [-0.05, 0) is 58.6 Å². The van der Waals surface area contributed by atoms with Crippen LogP contribution in [0, 0.1) is 5.92 Å². The molecule has 0 saturated carbocycles. The van der Waals surface area contributed by atoms with Crippen LogP contribution in [0.15, 0.2) is 46.9 Å². The highest BCUT2D eigenvalue weighted by Crippen LogP contribution is 2.26. The van der Waals surface area contributed by atoms with E-state index in [-0.39, 0.29) is 12.5 Å². The molecular formula is C21H21BBrClN2O5. The van der Waals surface area contributed by atoms with Crippen LogP contribution in [0.5, 0.6) is 5.75 Å². The van der Waals surface area contributed by atoms with Gasteiger partial charge >= 0.3 is 13.1 Å². The molecule has 162 valence electrons. The minimum atomic E-state index is -0.966. The maximum absolute atomic E-state index is 12.5. The molecule has 2 amide bonds. The largest absolute Gasteiger partial charge is 0.620 e. The van der Waals surface area contributed by atoms with E-state index in [1.54, 1.807) is 36.4 Å². The monoisotopic (exact) mass is 506 g/mol. The van der Waals surface area contributed by atoms with E-state index in [0.29, 0.717) is 32.8 Å². The molecule has 0 radical (unpaired) electrons. The smallest absolute Gasteiger partial charge is 0.524 e. The molecule has 1 aliphatic rings. The van der Waals surface area contributed by atoms with Crippen molar-refractivity contribution < 1.29 is 23.7 Å². The topological polar surface area (TPSA) is 93.7 Å². The van der Waals surface area contributed by atoms with E-state index in [0.717, 1.165) is 0 Å². The van der Waals surface area contributed by atoms with E-state index in [1.165, 1.54) is 6.07 Å². The number of carbonyl (C=O) groups excluding carboxylic acids is 3. The molecule has 31 heavy (non-hydrogen) atoms. The molecule has 3 rings (SSSR count). The Kier molecular flexibility index (Phi) is 7.62. The number of nitrogens with one attached hydrogen (secondary N) is 2. The van der Waals surface area contributed by atoms with E-state index < -0.39 is 30.8 Å². The molecule has 0 aromatic heterocycles. The quantitative estimate of drug-likeness (QED) is 0.558. The van der Waals surface area contributed by atoms with E-state index >= 15 is 0 Å². The van der Waals surface area contributed by atoms with Gasteiger partial charge in [0, 0.05) is 9.50 Å². The molecule has 7 nitrogen and oxygen atoms in total. The molecular weight excluding hydrogens is 486 g/mol. The molecule has 0 aliphatic carbocycles. The number of para-hydroxylation sites is 1. The summed E-state index contributed by atoms with van der Waals surface area (Å²) in [5.41, 5.74) is 0.660. The number of benzene rings is 2. The summed E-state index contributed by atoms with van der Waals surface area (Å²) in [4.78, 5) is 37.2. The van der Waals surface area contributed by atoms with Gasteiger partial charge < -0.3 is 19.9 Å². The second kappa shape index (κ2) is 10.2. The maximum Gasteiger partial charge on any atom is 0.620 e. The van der Waals surface area contributed by atoms with E-state index in [2.05, 4.69) is 26.6 Å². The third-order valence-corrected chi connectivity index (χ3v) is 5.48. The van der Waals surface area contributed by atoms with Crippen molar-refractivity contribution in [3.8, 4) is 5.75 Å². The molecule has 1 atom stereocenters. The summed E-state index contributed by atoms with van der Waals surface area (Å²) in [5.74, 6) is -1.36. The van der Waals surface area contributed by atoms with Crippen LogP contribution in [0.4, 0.5) is 0 Å². The summed E-state index contributed by atoms with van der Waals surface area (Å²) < 4.78 is 11.8. The second-order valence-corrected chi connectivity index (χ2v) is 8.79. The second-order valence-electron chi connectivity index (χ2n) is 7.50. The number of halogens is 2. The van der Waals surface area contributed by atoms with Crippen molar-refractivity contribution in [1.29, 1.82) is 0 Å². The SMILES string of the molecule is CC(C)C[C@H](NC(=O)CNC(=O)c1cc(Cl)ccc1Br)B1OC(=O)c2ccccc2O1. The third kappa shape index (κ3) is 6.01. The van der Waals surface area contributed by atoms with Crippen LogP contribution in [0.3, 0.4) is 0 Å². The third-order valence-electron chi connectivity index (χ3n) is 4.56. The zero-order chi connectivity index (χ0) is 22.5. The fourth-order valence-corrected chi connectivity index (χ4v) is 3.75. The number of fused-ring (bicyclic) bond motifs is 1. The van der Waals surface area contributed by atoms with Gasteiger partial charge in [0.05, 0.1) is 23.6 Å². The van der Waals surface area contributed by atoms with Crippen molar-refractivity contribution in [2.75, 3.05) is 6.54 Å². The van der Waals surface area contributed by atoms with Gasteiger partial charge in [0.25, 0.3) is 5.91 Å². The highest BCUT2D eigenvalue weighted by atomic mass is 79.9. The first-order valence-electron chi connectivity index (χ1n) is 9.74. The number of rotatable bonds is 7. The summed E-state index contributed by atoms with van der Waals surface area (Å²) in [6, 6.07) is 11.6. The fourth-order valence-electron chi connectivity index (χ4n) is 3.15. The van der Waals surface area contributed by atoms with Crippen molar-refractivity contribution in [2.24, 2.45) is 5.92 Å². The van der Waals surface area contributed by atoms with Crippen LogP contribution in [0.1, 0.15) is 41.0 Å². The summed E-state index contributed by atoms with van der Waals surface area (Å²) in [6.07, 6.45) is 0.514. The lowest BCUT2D eigenvalue weighted by Gasteiger charge is -2.29. The highest BCUT2D eigenvalue weighted by molar-refractivity contribution is 9.10. The predicted octanol–water partition coefficient (Wildman–Crippen LogP) is 3.64. The lowest BCUT2D eigenvalue weighted by Crippen LogP contribution is -2.55. The summed E-state index contributed by atoms with van der Waals surface area (Å²) in [6.45, 7) is 3.70. The van der Waals surface area contributed by atoms with Crippen LogP contribution in [-0.2, 0) is 9.45 Å². The first kappa shape index (κ1) is 23.2. The van der Waals surface area contributed by atoms with E-state index in [9.17, 15) is 14.4 Å². The highest BCUT2D eigenvalue weighted by Gasteiger charge is 2.42. The Morgan fingerprint density at radius 2 is 1.90 bits per heavy atom. The zero-order valence-corrected chi connectivity index (χ0v) is 19.3. The van der Waals surface area contributed by atoms with Crippen molar-refractivity contribution in [1.82, 2.24) is 10.6 Å². The Bertz CT molecular complexity index is 1000. The molecule has 0 fully saturated rings. The summed E-state index contributed by atoms with van der Waals surface area (Å²) >= 11 is 9.23. The minimum absolute atomic E-state index is 0.196. The molecule has 0 saturated heterocycles. The normalized spacial score (nSPS) is 13.7. The number of hydrogen-bond donors (Lipinski definition) is 2. The standard InChI is InChI=1S/C21H21BBrClN2O5/c1-12(2)9-18(22-30-17-6-4-3-5-14(17)21(29)31-22)26-19(27)11-25-20(28)15-10-13(24)7-8-16(15)23/h3-8,10,12,18H,9,11H2,1-2H3,(H,25,28)(H,26,27)/t18-/m0/s1. The lowest BCUT2D eigenvalue weighted by molar-refractivity contribution is -0.120. The number of hydrogen-bond acceptors (Lipinski definition) is 5. The molecule has 1 aliphatic heterocycles. The Morgan fingerprint density at radius 1 is 1.16 bits per heavy atom. The molecule has 10 heteroatoms. The molecule has 0 bridgehead atoms. The van der Waals surface area contributed by atoms with Crippen LogP contribution in [-0.4, -0.2) is 37.4 Å². The molecule has 1 heterocycles. The maximum atomic E-state index is 12.5. The van der Waals surface area contributed by atoms with Gasteiger partial charge in [-0.15, -0.1) is 0 Å². The minimum Gasteiger partial charge on any atom is -0.524 e. The average Bonchev–Trinajstić information content (AvgIpc) is 2.73.